The molecule has 1 aromatic heterocycles. The fourth-order valence-corrected chi connectivity index (χ4v) is 2.13. The Kier molecular flexibility index (Phi) is 6.81. The summed E-state index contributed by atoms with van der Waals surface area (Å²) in [6.45, 7) is 7.50. The van der Waals surface area contributed by atoms with Crippen LogP contribution in [0.25, 0.3) is 0 Å². The SMILES string of the molecule is CC.CCc1cccc(OCC2C(O)CCN2C)n1. The third kappa shape index (κ3) is 4.48. The number of likely N-dealkylation sites (N-methyl/N-ethyl adjacent to an activating group) is 1. The largest absolute Gasteiger partial charge is 0.476 e. The van der Waals surface area contributed by atoms with Crippen LogP contribution in [0.3, 0.4) is 0 Å². The van der Waals surface area contributed by atoms with Crippen LogP contribution in [0.1, 0.15) is 32.9 Å². The van der Waals surface area contributed by atoms with E-state index in [2.05, 4.69) is 16.8 Å². The third-order valence-corrected chi connectivity index (χ3v) is 3.33. The molecule has 2 unspecified atom stereocenters. The second-order valence-corrected chi connectivity index (χ2v) is 4.54. The van der Waals surface area contributed by atoms with Crippen molar-refractivity contribution in [3.8, 4) is 5.88 Å². The minimum Gasteiger partial charge on any atom is -0.476 e. The molecule has 1 fully saturated rings. The number of likely N-dealkylation sites (tertiary alicyclic amines) is 1. The molecule has 2 atom stereocenters. The second-order valence-electron chi connectivity index (χ2n) is 4.54. The van der Waals surface area contributed by atoms with Crippen LogP contribution in [0, 0.1) is 0 Å². The number of rotatable bonds is 4. The van der Waals surface area contributed by atoms with Gasteiger partial charge in [0.15, 0.2) is 0 Å². The van der Waals surface area contributed by atoms with Crippen molar-refractivity contribution in [3.63, 3.8) is 0 Å². The summed E-state index contributed by atoms with van der Waals surface area (Å²) < 4.78 is 5.66. The Hall–Kier alpha value is -1.13. The lowest BCUT2D eigenvalue weighted by molar-refractivity contribution is 0.0885. The lowest BCUT2D eigenvalue weighted by atomic mass is 10.2. The van der Waals surface area contributed by atoms with E-state index in [1.54, 1.807) is 0 Å². The number of hydrogen-bond donors (Lipinski definition) is 1. The molecule has 0 spiro atoms. The molecule has 1 aliphatic heterocycles. The van der Waals surface area contributed by atoms with Crippen LogP contribution in [0.2, 0.25) is 0 Å². The second kappa shape index (κ2) is 8.12. The Balaban J connectivity index is 0.000000861. The molecule has 1 saturated heterocycles. The lowest BCUT2D eigenvalue weighted by Gasteiger charge is -2.21. The predicted octanol–water partition coefficient (Wildman–Crippen LogP) is 2.11. The summed E-state index contributed by atoms with van der Waals surface area (Å²) in [5, 5.41) is 9.80. The van der Waals surface area contributed by atoms with Crippen LogP contribution < -0.4 is 4.74 Å². The Morgan fingerprint density at radius 1 is 1.42 bits per heavy atom. The minimum atomic E-state index is -0.283. The van der Waals surface area contributed by atoms with Crippen LogP contribution in [-0.4, -0.2) is 47.3 Å². The van der Waals surface area contributed by atoms with E-state index in [0.29, 0.717) is 12.5 Å². The van der Waals surface area contributed by atoms with Crippen molar-refractivity contribution < 1.29 is 9.84 Å². The maximum atomic E-state index is 9.80. The molecule has 4 nitrogen and oxygen atoms in total. The molecular weight excluding hydrogens is 240 g/mol. The highest BCUT2D eigenvalue weighted by molar-refractivity contribution is 5.15. The summed E-state index contributed by atoms with van der Waals surface area (Å²) in [5.74, 6) is 0.650. The fraction of sp³-hybridized carbons (Fsp3) is 0.667. The highest BCUT2D eigenvalue weighted by atomic mass is 16.5. The van der Waals surface area contributed by atoms with Crippen molar-refractivity contribution in [1.82, 2.24) is 9.88 Å². The van der Waals surface area contributed by atoms with Crippen LogP contribution in [0.15, 0.2) is 18.2 Å². The average Bonchev–Trinajstić information content (AvgIpc) is 2.78. The average molecular weight is 266 g/mol. The van der Waals surface area contributed by atoms with Crippen LogP contribution in [-0.2, 0) is 6.42 Å². The molecule has 2 heterocycles. The summed E-state index contributed by atoms with van der Waals surface area (Å²) in [4.78, 5) is 6.51. The van der Waals surface area contributed by atoms with Gasteiger partial charge in [-0.05, 0) is 26.0 Å². The van der Waals surface area contributed by atoms with Gasteiger partial charge in [-0.15, -0.1) is 0 Å². The van der Waals surface area contributed by atoms with Crippen molar-refractivity contribution in [2.75, 3.05) is 20.2 Å². The van der Waals surface area contributed by atoms with Crippen LogP contribution in [0.5, 0.6) is 5.88 Å². The van der Waals surface area contributed by atoms with Gasteiger partial charge in [0.2, 0.25) is 5.88 Å². The smallest absolute Gasteiger partial charge is 0.213 e. The molecule has 0 amide bonds. The van der Waals surface area contributed by atoms with Gasteiger partial charge in [0.05, 0.1) is 12.1 Å². The van der Waals surface area contributed by atoms with E-state index in [0.717, 1.165) is 25.1 Å². The molecule has 1 aromatic rings. The number of hydrogen-bond acceptors (Lipinski definition) is 4. The number of aliphatic hydroxyl groups excluding tert-OH is 1. The standard InChI is InChI=1S/C13H20N2O2.C2H6/c1-3-10-5-4-6-13(14-10)17-9-11-12(16)7-8-15(11)2;1-2/h4-6,11-12,16H,3,7-9H2,1-2H3;1-2H3. The predicted molar refractivity (Wildman–Crippen MR) is 77.5 cm³/mol. The molecule has 0 radical (unpaired) electrons. The molecule has 0 saturated carbocycles. The highest BCUT2D eigenvalue weighted by Gasteiger charge is 2.30. The zero-order chi connectivity index (χ0) is 14.3. The number of nitrogens with zero attached hydrogens (tertiary/aromatic N) is 2. The maximum Gasteiger partial charge on any atom is 0.213 e. The normalized spacial score (nSPS) is 22.8. The number of aryl methyl sites for hydroxylation is 1. The number of aliphatic hydroxyl groups is 1. The zero-order valence-electron chi connectivity index (χ0n) is 12.5. The van der Waals surface area contributed by atoms with Crippen molar-refractivity contribution in [3.05, 3.63) is 23.9 Å². The molecule has 19 heavy (non-hydrogen) atoms. The van der Waals surface area contributed by atoms with Gasteiger partial charge in [-0.2, -0.15) is 0 Å². The molecule has 108 valence electrons. The fourth-order valence-electron chi connectivity index (χ4n) is 2.13. The van der Waals surface area contributed by atoms with Crippen LogP contribution in [0.4, 0.5) is 0 Å². The highest BCUT2D eigenvalue weighted by Crippen LogP contribution is 2.17. The van der Waals surface area contributed by atoms with Gasteiger partial charge in [0.25, 0.3) is 0 Å². The van der Waals surface area contributed by atoms with Crippen molar-refractivity contribution in [2.24, 2.45) is 0 Å². The molecule has 1 N–H and O–H groups in total. The minimum absolute atomic E-state index is 0.0853. The Labute approximate surface area is 116 Å². The topological polar surface area (TPSA) is 45.6 Å². The molecule has 0 aromatic carbocycles. The van der Waals surface area contributed by atoms with Gasteiger partial charge in [0, 0.05) is 18.3 Å². The first-order valence-electron chi connectivity index (χ1n) is 7.17. The Bertz CT molecular complexity index is 361. The van der Waals surface area contributed by atoms with E-state index < -0.39 is 0 Å². The number of ether oxygens (including phenoxy) is 1. The van der Waals surface area contributed by atoms with E-state index in [4.69, 9.17) is 4.74 Å². The van der Waals surface area contributed by atoms with Gasteiger partial charge in [0.1, 0.15) is 6.61 Å². The van der Waals surface area contributed by atoms with Gasteiger partial charge >= 0.3 is 0 Å². The molecule has 2 rings (SSSR count). The zero-order valence-corrected chi connectivity index (χ0v) is 12.5. The Morgan fingerprint density at radius 2 is 2.16 bits per heavy atom. The summed E-state index contributed by atoms with van der Waals surface area (Å²) in [5.41, 5.74) is 1.03. The molecule has 4 heteroatoms. The molecule has 0 bridgehead atoms. The van der Waals surface area contributed by atoms with Gasteiger partial charge in [-0.25, -0.2) is 4.98 Å². The monoisotopic (exact) mass is 266 g/mol. The van der Waals surface area contributed by atoms with Crippen LogP contribution >= 0.6 is 0 Å². The summed E-state index contributed by atoms with van der Waals surface area (Å²) in [6, 6.07) is 5.89. The van der Waals surface area contributed by atoms with E-state index >= 15 is 0 Å². The van der Waals surface area contributed by atoms with Crippen molar-refractivity contribution in [1.29, 1.82) is 0 Å². The van der Waals surface area contributed by atoms with E-state index in [1.165, 1.54) is 0 Å². The quantitative estimate of drug-likeness (QED) is 0.906. The van der Waals surface area contributed by atoms with E-state index in [1.807, 2.05) is 39.1 Å². The molecule has 0 aliphatic carbocycles. The first kappa shape index (κ1) is 15.9. The molecular formula is C15H26N2O2. The van der Waals surface area contributed by atoms with Crippen molar-refractivity contribution in [2.45, 2.75) is 45.8 Å². The lowest BCUT2D eigenvalue weighted by Crippen LogP contribution is -2.37. The summed E-state index contributed by atoms with van der Waals surface area (Å²) >= 11 is 0. The number of aromatic nitrogens is 1. The first-order chi connectivity index (χ1) is 9.20. The summed E-state index contributed by atoms with van der Waals surface area (Å²) in [6.07, 6.45) is 1.45. The van der Waals surface area contributed by atoms with Crippen molar-refractivity contribution >= 4 is 0 Å². The van der Waals surface area contributed by atoms with Gasteiger partial charge in [-0.3, -0.25) is 4.90 Å². The van der Waals surface area contributed by atoms with E-state index in [-0.39, 0.29) is 12.1 Å². The molecule has 1 aliphatic rings. The van der Waals surface area contributed by atoms with Gasteiger partial charge in [-0.1, -0.05) is 26.8 Å². The first-order valence-corrected chi connectivity index (χ1v) is 7.17. The third-order valence-electron chi connectivity index (χ3n) is 3.33. The number of pyridine rings is 1. The summed E-state index contributed by atoms with van der Waals surface area (Å²) in [7, 11) is 2.01. The Morgan fingerprint density at radius 3 is 2.74 bits per heavy atom. The van der Waals surface area contributed by atoms with Gasteiger partial charge < -0.3 is 9.84 Å². The maximum absolute atomic E-state index is 9.80. The van der Waals surface area contributed by atoms with E-state index in [9.17, 15) is 5.11 Å².